The van der Waals surface area contributed by atoms with Crippen molar-refractivity contribution < 1.29 is 8.42 Å². The van der Waals surface area contributed by atoms with Crippen LogP contribution in [-0.2, 0) is 16.6 Å². The summed E-state index contributed by atoms with van der Waals surface area (Å²) in [6.45, 7) is 1.88. The minimum atomic E-state index is -3.56. The maximum atomic E-state index is 12.0. The van der Waals surface area contributed by atoms with Crippen molar-refractivity contribution in [1.82, 2.24) is 24.5 Å². The summed E-state index contributed by atoms with van der Waals surface area (Å²) in [5.74, 6) is 0.662. The summed E-state index contributed by atoms with van der Waals surface area (Å²) in [5.41, 5.74) is 0. The molecule has 0 aliphatic rings. The molecular weight excluding hydrogens is 342 g/mol. The van der Waals surface area contributed by atoms with E-state index < -0.39 is 10.0 Å². The van der Waals surface area contributed by atoms with Gasteiger partial charge in [-0.05, 0) is 19.1 Å². The lowest BCUT2D eigenvalue weighted by atomic mass is 10.7. The molecule has 0 unspecified atom stereocenters. The van der Waals surface area contributed by atoms with E-state index in [4.69, 9.17) is 11.6 Å². The Hall–Kier alpha value is -1.07. The van der Waals surface area contributed by atoms with E-state index >= 15 is 0 Å². The Balaban J connectivity index is 1.78. The van der Waals surface area contributed by atoms with Gasteiger partial charge in [0.25, 0.3) is 0 Å². The monoisotopic (exact) mass is 349 g/mol. The number of nitrogens with zero attached hydrogens (tertiary/aromatic N) is 4. The van der Waals surface area contributed by atoms with Crippen LogP contribution < -0.4 is 4.72 Å². The van der Waals surface area contributed by atoms with Gasteiger partial charge in [-0.1, -0.05) is 22.9 Å². The molecule has 0 atom stereocenters. The van der Waals surface area contributed by atoms with Gasteiger partial charge in [-0.15, -0.1) is 21.5 Å². The fraction of sp³-hybridized carbons (Fsp3) is 0.222. The highest BCUT2D eigenvalue weighted by atomic mass is 35.5. The van der Waals surface area contributed by atoms with Crippen molar-refractivity contribution >= 4 is 49.3 Å². The number of aromatic nitrogens is 4. The summed E-state index contributed by atoms with van der Waals surface area (Å²) < 4.78 is 28.7. The van der Waals surface area contributed by atoms with Gasteiger partial charge in [0.2, 0.25) is 15.0 Å². The summed E-state index contributed by atoms with van der Waals surface area (Å²) in [4.78, 5) is 0.635. The number of fused-ring (bicyclic) bond motifs is 1. The summed E-state index contributed by atoms with van der Waals surface area (Å²) in [6, 6.07) is 3.02. The van der Waals surface area contributed by atoms with E-state index in [-0.39, 0.29) is 10.8 Å². The van der Waals surface area contributed by atoms with Crippen molar-refractivity contribution in [2.45, 2.75) is 17.7 Å². The molecule has 0 spiro atoms. The molecular formula is C9H8ClN5O2S3. The average Bonchev–Trinajstić information content (AvgIpc) is 3.06. The third-order valence-electron chi connectivity index (χ3n) is 2.42. The first-order chi connectivity index (χ1) is 9.45. The number of sulfonamides is 1. The van der Waals surface area contributed by atoms with Gasteiger partial charge in [0, 0.05) is 0 Å². The topological polar surface area (TPSA) is 89.2 Å². The van der Waals surface area contributed by atoms with Crippen molar-refractivity contribution in [2.24, 2.45) is 0 Å². The highest BCUT2D eigenvalue weighted by Crippen LogP contribution is 2.25. The molecule has 0 bridgehead atoms. The van der Waals surface area contributed by atoms with Gasteiger partial charge >= 0.3 is 0 Å². The Morgan fingerprint density at radius 3 is 2.80 bits per heavy atom. The molecule has 1 N–H and O–H groups in total. The molecule has 3 heterocycles. The van der Waals surface area contributed by atoms with Crippen LogP contribution in [0.4, 0.5) is 0 Å². The molecule has 0 radical (unpaired) electrons. The zero-order chi connectivity index (χ0) is 14.3. The predicted octanol–water partition coefficient (Wildman–Crippen LogP) is 1.69. The first-order valence-corrected chi connectivity index (χ1v) is 8.88. The molecule has 11 heteroatoms. The first kappa shape index (κ1) is 13.9. The van der Waals surface area contributed by atoms with Gasteiger partial charge in [0.15, 0.2) is 5.82 Å². The van der Waals surface area contributed by atoms with Crippen molar-refractivity contribution in [2.75, 3.05) is 0 Å². The number of halogens is 1. The van der Waals surface area contributed by atoms with Crippen LogP contribution >= 0.6 is 34.3 Å². The highest BCUT2D eigenvalue weighted by Gasteiger charge is 2.17. The zero-order valence-electron chi connectivity index (χ0n) is 10.1. The van der Waals surface area contributed by atoms with Crippen LogP contribution in [0.2, 0.25) is 4.34 Å². The summed E-state index contributed by atoms with van der Waals surface area (Å²) in [7, 11) is -3.56. The second-order valence-corrected chi connectivity index (χ2v) is 8.57. The maximum Gasteiger partial charge on any atom is 0.250 e. The normalized spacial score (nSPS) is 12.3. The van der Waals surface area contributed by atoms with Crippen LogP contribution in [0.25, 0.3) is 4.96 Å². The quantitative estimate of drug-likeness (QED) is 0.774. The number of rotatable bonds is 4. The number of aryl methyl sites for hydroxylation is 1. The average molecular weight is 350 g/mol. The molecule has 106 valence electrons. The smallest absolute Gasteiger partial charge is 0.206 e. The number of thiophene rings is 1. The van der Waals surface area contributed by atoms with E-state index in [0.717, 1.165) is 11.3 Å². The Morgan fingerprint density at radius 2 is 2.15 bits per heavy atom. The lowest BCUT2D eigenvalue weighted by molar-refractivity contribution is 0.582. The summed E-state index contributed by atoms with van der Waals surface area (Å²) >= 11 is 8.03. The van der Waals surface area contributed by atoms with Crippen molar-refractivity contribution in [3.8, 4) is 0 Å². The van der Waals surface area contributed by atoms with Crippen molar-refractivity contribution in [3.63, 3.8) is 0 Å². The SMILES string of the molecule is Cc1nnc2sc(CNS(=O)(=O)c3ccc(Cl)s3)nn12. The molecule has 0 saturated carbocycles. The number of nitrogens with one attached hydrogen (secondary N) is 1. The first-order valence-electron chi connectivity index (χ1n) is 5.38. The van der Waals surface area contributed by atoms with Crippen LogP contribution in [0.3, 0.4) is 0 Å². The molecule has 7 nitrogen and oxygen atoms in total. The van der Waals surface area contributed by atoms with E-state index in [1.807, 2.05) is 0 Å². The Bertz CT molecular complexity index is 865. The van der Waals surface area contributed by atoms with Gasteiger partial charge in [-0.2, -0.15) is 9.61 Å². The van der Waals surface area contributed by atoms with Crippen LogP contribution in [0, 0.1) is 6.92 Å². The van der Waals surface area contributed by atoms with E-state index in [2.05, 4.69) is 20.0 Å². The van der Waals surface area contributed by atoms with Gasteiger partial charge in [0.05, 0.1) is 10.9 Å². The molecule has 0 saturated heterocycles. The minimum absolute atomic E-state index is 0.102. The minimum Gasteiger partial charge on any atom is -0.206 e. The van der Waals surface area contributed by atoms with E-state index in [9.17, 15) is 8.42 Å². The van der Waals surface area contributed by atoms with Crippen LogP contribution in [0.1, 0.15) is 10.8 Å². The van der Waals surface area contributed by atoms with E-state index in [0.29, 0.717) is 20.1 Å². The molecule has 3 rings (SSSR count). The molecule has 0 fully saturated rings. The maximum absolute atomic E-state index is 12.0. The molecule has 0 aliphatic heterocycles. The van der Waals surface area contributed by atoms with Crippen LogP contribution in [0.5, 0.6) is 0 Å². The van der Waals surface area contributed by atoms with Crippen LogP contribution in [0.15, 0.2) is 16.3 Å². The Morgan fingerprint density at radius 1 is 1.35 bits per heavy atom. The Labute approximate surface area is 127 Å². The van der Waals surface area contributed by atoms with E-state index in [1.165, 1.54) is 17.4 Å². The van der Waals surface area contributed by atoms with Crippen molar-refractivity contribution in [3.05, 3.63) is 27.3 Å². The van der Waals surface area contributed by atoms with Gasteiger partial charge in [-0.3, -0.25) is 0 Å². The van der Waals surface area contributed by atoms with Crippen molar-refractivity contribution in [1.29, 1.82) is 0 Å². The van der Waals surface area contributed by atoms with Gasteiger partial charge in [0.1, 0.15) is 9.22 Å². The number of hydrogen-bond donors (Lipinski definition) is 1. The summed E-state index contributed by atoms with van der Waals surface area (Å²) in [5, 5.41) is 12.6. The fourth-order valence-electron chi connectivity index (χ4n) is 1.50. The van der Waals surface area contributed by atoms with E-state index in [1.54, 1.807) is 17.5 Å². The molecule has 3 aromatic heterocycles. The zero-order valence-corrected chi connectivity index (χ0v) is 13.3. The summed E-state index contributed by atoms with van der Waals surface area (Å²) in [6.07, 6.45) is 0. The fourth-order valence-corrected chi connectivity index (χ4v) is 4.92. The molecule has 3 aromatic rings. The molecule has 0 aromatic carbocycles. The predicted molar refractivity (Wildman–Crippen MR) is 76.8 cm³/mol. The second-order valence-electron chi connectivity index (χ2n) is 3.82. The standard InChI is InChI=1S/C9H8ClN5O2S3/c1-5-12-13-9-15(5)14-7(19-9)4-11-20(16,17)8-3-2-6(10)18-8/h2-3,11H,4H2,1H3. The lowest BCUT2D eigenvalue weighted by Gasteiger charge is -2.01. The van der Waals surface area contributed by atoms with Crippen LogP contribution in [-0.4, -0.2) is 28.2 Å². The Kier molecular flexibility index (Phi) is 3.50. The van der Waals surface area contributed by atoms with Gasteiger partial charge < -0.3 is 0 Å². The lowest BCUT2D eigenvalue weighted by Crippen LogP contribution is -2.22. The number of hydrogen-bond acceptors (Lipinski definition) is 7. The third kappa shape index (κ3) is 2.56. The molecule has 0 aliphatic carbocycles. The van der Waals surface area contributed by atoms with Gasteiger partial charge in [-0.25, -0.2) is 13.1 Å². The highest BCUT2D eigenvalue weighted by molar-refractivity contribution is 7.91. The molecule has 0 amide bonds. The second kappa shape index (κ2) is 5.04. The largest absolute Gasteiger partial charge is 0.250 e. The third-order valence-corrected chi connectivity index (χ3v) is 6.44. The molecule has 20 heavy (non-hydrogen) atoms.